The maximum absolute atomic E-state index is 9.33. The van der Waals surface area contributed by atoms with Crippen molar-refractivity contribution in [1.29, 1.82) is 0 Å². The number of benzene rings is 1. The Morgan fingerprint density at radius 3 is 2.68 bits per heavy atom. The van der Waals surface area contributed by atoms with E-state index >= 15 is 0 Å². The Morgan fingerprint density at radius 2 is 2.00 bits per heavy atom. The predicted octanol–water partition coefficient (Wildman–Crippen LogP) is 1.79. The van der Waals surface area contributed by atoms with Crippen LogP contribution >= 0.6 is 0 Å². The van der Waals surface area contributed by atoms with Crippen LogP contribution in [0.1, 0.15) is 0 Å². The first-order valence-electron chi connectivity index (χ1n) is 5.52. The average molecular weight is 257 g/mol. The summed E-state index contributed by atoms with van der Waals surface area (Å²) in [4.78, 5) is 4.00. The molecule has 7 nitrogen and oxygen atoms in total. The van der Waals surface area contributed by atoms with E-state index in [0.717, 1.165) is 10.9 Å². The van der Waals surface area contributed by atoms with Crippen molar-refractivity contribution in [3.05, 3.63) is 36.7 Å². The van der Waals surface area contributed by atoms with Gasteiger partial charge in [-0.05, 0) is 24.3 Å². The van der Waals surface area contributed by atoms with Crippen molar-refractivity contribution in [2.24, 2.45) is 0 Å². The Kier molecular flexibility index (Phi) is 2.55. The van der Waals surface area contributed by atoms with Gasteiger partial charge in [-0.1, -0.05) is 0 Å². The van der Waals surface area contributed by atoms with E-state index in [1.807, 2.05) is 0 Å². The molecule has 19 heavy (non-hydrogen) atoms. The Balaban J connectivity index is 2.25. The van der Waals surface area contributed by atoms with Gasteiger partial charge in [-0.25, -0.2) is 4.98 Å². The minimum atomic E-state index is 0.0754. The van der Waals surface area contributed by atoms with E-state index < -0.39 is 0 Å². The summed E-state index contributed by atoms with van der Waals surface area (Å²) in [5.41, 5.74) is 7.81. The number of anilines is 2. The van der Waals surface area contributed by atoms with Gasteiger partial charge in [-0.3, -0.25) is 15.5 Å². The zero-order chi connectivity index (χ0) is 13.4. The maximum Gasteiger partial charge on any atom is 0.123 e. The van der Waals surface area contributed by atoms with Gasteiger partial charge in [0, 0.05) is 22.7 Å². The fraction of sp³-hybridized carbons (Fsp3) is 0. The summed E-state index contributed by atoms with van der Waals surface area (Å²) in [7, 11) is 0. The molecule has 0 bridgehead atoms. The van der Waals surface area contributed by atoms with Gasteiger partial charge in [0.2, 0.25) is 0 Å². The van der Waals surface area contributed by atoms with E-state index in [9.17, 15) is 10.4 Å². The molecule has 0 atom stereocenters. The van der Waals surface area contributed by atoms with Crippen LogP contribution < -0.4 is 11.0 Å². The molecule has 96 valence electrons. The highest BCUT2D eigenvalue weighted by atomic mass is 16.8. The predicted molar refractivity (Wildman–Crippen MR) is 69.8 cm³/mol. The Bertz CT molecular complexity index is 721. The van der Waals surface area contributed by atoms with Gasteiger partial charge in [0.25, 0.3) is 0 Å². The second-order valence-electron chi connectivity index (χ2n) is 4.09. The molecule has 0 saturated carbocycles. The number of nitrogens with two attached hydrogens (primary N) is 1. The molecule has 3 rings (SSSR count). The summed E-state index contributed by atoms with van der Waals surface area (Å²) in [5.74, 6) is 0.402. The third-order valence-corrected chi connectivity index (χ3v) is 2.87. The summed E-state index contributed by atoms with van der Waals surface area (Å²) in [6.07, 6.45) is 3.23. The third-order valence-electron chi connectivity index (χ3n) is 2.87. The molecule has 0 saturated heterocycles. The monoisotopic (exact) mass is 257 g/mol. The van der Waals surface area contributed by atoms with E-state index in [0.29, 0.717) is 16.9 Å². The quantitative estimate of drug-likeness (QED) is 0.521. The summed E-state index contributed by atoms with van der Waals surface area (Å²) >= 11 is 0. The standard InChI is InChI=1S/C12H11N5O2/c13-12-2-1-7(5-14-12)9-3-8-6-15-16-10(8)4-11(9)17(18)19/h1-6,18-19H,(H2,13,14)(H,15,16). The molecule has 1 aromatic carbocycles. The fourth-order valence-electron chi connectivity index (χ4n) is 1.94. The molecule has 0 aliphatic carbocycles. The maximum atomic E-state index is 9.33. The van der Waals surface area contributed by atoms with E-state index in [1.165, 1.54) is 0 Å². The molecular formula is C12H11N5O2. The number of nitrogens with zero attached hydrogens (tertiary/aromatic N) is 3. The molecule has 0 spiro atoms. The number of nitrogen functional groups attached to an aromatic ring is 1. The molecule has 7 heteroatoms. The molecule has 5 N–H and O–H groups in total. The van der Waals surface area contributed by atoms with Crippen LogP contribution in [0.4, 0.5) is 11.5 Å². The number of aromatic amines is 1. The number of nitrogens with one attached hydrogen (secondary N) is 1. The van der Waals surface area contributed by atoms with Crippen molar-refractivity contribution >= 4 is 22.4 Å². The van der Waals surface area contributed by atoms with Crippen molar-refractivity contribution in [3.63, 3.8) is 0 Å². The molecule has 0 aliphatic heterocycles. The molecule has 3 aromatic rings. The fourth-order valence-corrected chi connectivity index (χ4v) is 1.94. The third kappa shape index (κ3) is 1.96. The minimum Gasteiger partial charge on any atom is -0.384 e. The van der Waals surface area contributed by atoms with Crippen molar-refractivity contribution in [2.75, 3.05) is 11.0 Å². The van der Waals surface area contributed by atoms with Gasteiger partial charge in [-0.15, -0.1) is 5.23 Å². The zero-order valence-electron chi connectivity index (χ0n) is 9.78. The van der Waals surface area contributed by atoms with E-state index in [4.69, 9.17) is 5.73 Å². The van der Waals surface area contributed by atoms with Crippen LogP contribution in [0.15, 0.2) is 36.7 Å². The lowest BCUT2D eigenvalue weighted by molar-refractivity contribution is 0.0295. The second-order valence-corrected chi connectivity index (χ2v) is 4.09. The van der Waals surface area contributed by atoms with Crippen molar-refractivity contribution in [1.82, 2.24) is 15.2 Å². The lowest BCUT2D eigenvalue weighted by atomic mass is 10.0. The summed E-state index contributed by atoms with van der Waals surface area (Å²) in [6.45, 7) is 0. The number of pyridine rings is 1. The van der Waals surface area contributed by atoms with Crippen LogP contribution in [0.3, 0.4) is 0 Å². The highest BCUT2D eigenvalue weighted by molar-refractivity contribution is 5.91. The highest BCUT2D eigenvalue weighted by Crippen LogP contribution is 2.33. The van der Waals surface area contributed by atoms with E-state index in [1.54, 1.807) is 36.7 Å². The number of H-pyrrole nitrogens is 1. The largest absolute Gasteiger partial charge is 0.384 e. The topological polar surface area (TPSA) is 111 Å². The summed E-state index contributed by atoms with van der Waals surface area (Å²) < 4.78 is 0. The lowest BCUT2D eigenvalue weighted by Gasteiger charge is -2.14. The van der Waals surface area contributed by atoms with Crippen molar-refractivity contribution in [3.8, 4) is 11.1 Å². The van der Waals surface area contributed by atoms with Gasteiger partial charge < -0.3 is 5.73 Å². The Labute approximate surface area is 107 Å². The van der Waals surface area contributed by atoms with Gasteiger partial charge in [0.05, 0.1) is 11.7 Å². The molecular weight excluding hydrogens is 246 g/mol. The lowest BCUT2D eigenvalue weighted by Crippen LogP contribution is -2.12. The summed E-state index contributed by atoms with van der Waals surface area (Å²) in [5, 5.41) is 26.3. The van der Waals surface area contributed by atoms with Gasteiger partial charge in [0.15, 0.2) is 0 Å². The first-order chi connectivity index (χ1) is 9.15. The Morgan fingerprint density at radius 1 is 1.16 bits per heavy atom. The molecule has 0 radical (unpaired) electrons. The Hall–Kier alpha value is -2.64. The number of aromatic nitrogens is 3. The number of hydrogen-bond donors (Lipinski definition) is 4. The summed E-state index contributed by atoms with van der Waals surface area (Å²) in [6, 6.07) is 6.79. The highest BCUT2D eigenvalue weighted by Gasteiger charge is 2.12. The van der Waals surface area contributed by atoms with Crippen molar-refractivity contribution in [2.45, 2.75) is 0 Å². The van der Waals surface area contributed by atoms with Gasteiger partial charge in [0.1, 0.15) is 11.5 Å². The van der Waals surface area contributed by atoms with Gasteiger partial charge >= 0.3 is 0 Å². The molecule has 0 fully saturated rings. The normalized spacial score (nSPS) is 10.8. The molecule has 2 heterocycles. The van der Waals surface area contributed by atoms with Crippen LogP contribution in [-0.2, 0) is 0 Å². The van der Waals surface area contributed by atoms with Gasteiger partial charge in [-0.2, -0.15) is 5.10 Å². The number of hydrogen-bond acceptors (Lipinski definition) is 6. The van der Waals surface area contributed by atoms with Crippen LogP contribution in [0.2, 0.25) is 0 Å². The number of rotatable bonds is 2. The number of fused-ring (bicyclic) bond motifs is 1. The molecule has 0 unspecified atom stereocenters. The van der Waals surface area contributed by atoms with E-state index in [-0.39, 0.29) is 10.9 Å². The first kappa shape index (κ1) is 11.5. The van der Waals surface area contributed by atoms with Crippen molar-refractivity contribution < 1.29 is 10.4 Å². The smallest absolute Gasteiger partial charge is 0.123 e. The minimum absolute atomic E-state index is 0.0754. The molecule has 0 amide bonds. The zero-order valence-corrected chi connectivity index (χ0v) is 9.78. The average Bonchev–Trinajstić information content (AvgIpc) is 2.85. The van der Waals surface area contributed by atoms with Crippen LogP contribution in [0.25, 0.3) is 22.0 Å². The van der Waals surface area contributed by atoms with Crippen LogP contribution in [0.5, 0.6) is 0 Å². The SMILES string of the molecule is Nc1ccc(-c2cc3cn[nH]c3cc2N(O)O)cn1. The van der Waals surface area contributed by atoms with E-state index in [2.05, 4.69) is 15.2 Å². The van der Waals surface area contributed by atoms with Crippen LogP contribution in [0, 0.1) is 0 Å². The molecule has 2 aromatic heterocycles. The van der Waals surface area contributed by atoms with Crippen LogP contribution in [-0.4, -0.2) is 25.6 Å². The first-order valence-corrected chi connectivity index (χ1v) is 5.52. The second kappa shape index (κ2) is 4.23. The molecule has 0 aliphatic rings.